The molecular formula is C9H8BrN. The lowest BCUT2D eigenvalue weighted by Crippen LogP contribution is -1.85. The van der Waals surface area contributed by atoms with Crippen LogP contribution in [-0.4, -0.2) is 4.98 Å². The Labute approximate surface area is 74.6 Å². The van der Waals surface area contributed by atoms with Gasteiger partial charge in [-0.3, -0.25) is 4.98 Å². The van der Waals surface area contributed by atoms with Gasteiger partial charge in [0.2, 0.25) is 0 Å². The van der Waals surface area contributed by atoms with Crippen LogP contribution in [0.4, 0.5) is 0 Å². The molecule has 56 valence electrons. The summed E-state index contributed by atoms with van der Waals surface area (Å²) in [7, 11) is 0. The van der Waals surface area contributed by atoms with E-state index in [-0.39, 0.29) is 0 Å². The predicted molar refractivity (Wildman–Crippen MR) is 52.3 cm³/mol. The van der Waals surface area contributed by atoms with E-state index in [4.69, 9.17) is 0 Å². The molecule has 0 saturated carbocycles. The van der Waals surface area contributed by atoms with Crippen LogP contribution >= 0.6 is 15.9 Å². The lowest BCUT2D eigenvalue weighted by Gasteiger charge is -2.00. The van der Waals surface area contributed by atoms with Crippen molar-refractivity contribution in [3.63, 3.8) is 0 Å². The van der Waals surface area contributed by atoms with Gasteiger partial charge in [0.25, 0.3) is 0 Å². The van der Waals surface area contributed by atoms with Gasteiger partial charge >= 0.3 is 0 Å². The highest BCUT2D eigenvalue weighted by atomic mass is 79.9. The summed E-state index contributed by atoms with van der Waals surface area (Å²) in [5.74, 6) is 0. The van der Waals surface area contributed by atoms with E-state index in [9.17, 15) is 0 Å². The first-order chi connectivity index (χ1) is 5.25. The molecule has 0 radical (unpaired) electrons. The Hall–Kier alpha value is -0.890. The summed E-state index contributed by atoms with van der Waals surface area (Å²) in [5, 5.41) is 0. The summed E-state index contributed by atoms with van der Waals surface area (Å²) >= 11 is 3.29. The maximum Gasteiger partial charge on any atom is 0.0707 e. The molecule has 1 nitrogen and oxygen atoms in total. The van der Waals surface area contributed by atoms with Crippen LogP contribution in [0.3, 0.4) is 0 Å². The lowest BCUT2D eigenvalue weighted by atomic mass is 10.2. The molecule has 0 aliphatic carbocycles. The van der Waals surface area contributed by atoms with E-state index in [1.54, 1.807) is 12.3 Å². The van der Waals surface area contributed by atoms with Crippen molar-refractivity contribution < 1.29 is 0 Å². The van der Waals surface area contributed by atoms with Gasteiger partial charge in [-0.15, -0.1) is 0 Å². The zero-order valence-corrected chi connectivity index (χ0v) is 7.63. The molecule has 1 aromatic rings. The molecule has 11 heavy (non-hydrogen) atoms. The fraction of sp³-hybridized carbons (Fsp3) is 0. The van der Waals surface area contributed by atoms with Gasteiger partial charge in [0.15, 0.2) is 0 Å². The van der Waals surface area contributed by atoms with Gasteiger partial charge < -0.3 is 0 Å². The van der Waals surface area contributed by atoms with Crippen molar-refractivity contribution in [1.82, 2.24) is 4.98 Å². The maximum atomic E-state index is 4.11. The summed E-state index contributed by atoms with van der Waals surface area (Å²) in [5.41, 5.74) is 1.84. The van der Waals surface area contributed by atoms with Gasteiger partial charge in [-0.05, 0) is 12.1 Å². The van der Waals surface area contributed by atoms with Crippen molar-refractivity contribution >= 4 is 26.5 Å². The van der Waals surface area contributed by atoms with Crippen molar-refractivity contribution in [2.24, 2.45) is 0 Å². The molecule has 0 atom stereocenters. The molecule has 0 unspecified atom stereocenters. The van der Waals surface area contributed by atoms with Crippen molar-refractivity contribution in [3.8, 4) is 0 Å². The minimum absolute atomic E-state index is 0.834. The Balaban J connectivity index is 3.22. The quantitative estimate of drug-likeness (QED) is 0.730. The molecule has 0 aliphatic heterocycles. The number of pyridine rings is 1. The number of nitrogens with zero attached hydrogens (tertiary/aromatic N) is 1. The number of hydrogen-bond donors (Lipinski definition) is 0. The zero-order chi connectivity index (χ0) is 8.27. The van der Waals surface area contributed by atoms with Crippen LogP contribution < -0.4 is 0 Å². The molecule has 2 heteroatoms. The lowest BCUT2D eigenvalue weighted by molar-refractivity contribution is 1.28. The highest BCUT2D eigenvalue weighted by Crippen LogP contribution is 2.21. The van der Waals surface area contributed by atoms with Crippen molar-refractivity contribution in [3.05, 3.63) is 42.7 Å². The summed E-state index contributed by atoms with van der Waals surface area (Å²) in [4.78, 5) is 4.11. The topological polar surface area (TPSA) is 12.9 Å². The van der Waals surface area contributed by atoms with Crippen LogP contribution in [0.25, 0.3) is 10.6 Å². The smallest absolute Gasteiger partial charge is 0.0707 e. The average molecular weight is 210 g/mol. The van der Waals surface area contributed by atoms with Crippen LogP contribution in [0.15, 0.2) is 31.5 Å². The molecule has 1 rings (SSSR count). The fourth-order valence-electron chi connectivity index (χ4n) is 0.810. The van der Waals surface area contributed by atoms with Gasteiger partial charge in [-0.2, -0.15) is 0 Å². The molecular weight excluding hydrogens is 202 g/mol. The van der Waals surface area contributed by atoms with Gasteiger partial charge in [0, 0.05) is 16.2 Å². The number of aromatic nitrogens is 1. The molecule has 0 spiro atoms. The monoisotopic (exact) mass is 209 g/mol. The van der Waals surface area contributed by atoms with Crippen LogP contribution in [0, 0.1) is 0 Å². The first-order valence-electron chi connectivity index (χ1n) is 3.18. The van der Waals surface area contributed by atoms with Gasteiger partial charge in [-0.25, -0.2) is 0 Å². The minimum Gasteiger partial charge on any atom is -0.256 e. The molecule has 0 amide bonds. The molecule has 0 aliphatic rings. The third-order valence-corrected chi connectivity index (χ3v) is 1.75. The highest BCUT2D eigenvalue weighted by molar-refractivity contribution is 9.15. The zero-order valence-electron chi connectivity index (χ0n) is 6.05. The first-order valence-corrected chi connectivity index (χ1v) is 3.97. The SMILES string of the molecule is C=Cc1ncccc1C(=C)Br. The van der Waals surface area contributed by atoms with Gasteiger partial charge in [0.05, 0.1) is 5.69 Å². The van der Waals surface area contributed by atoms with Crippen LogP contribution in [0.5, 0.6) is 0 Å². The number of halogens is 1. The standard InChI is InChI=1S/C9H8BrN/c1-3-9-8(7(2)10)5-4-6-11-9/h3-6H,1-2H2. The Morgan fingerprint density at radius 2 is 2.36 bits per heavy atom. The van der Waals surface area contributed by atoms with E-state index in [0.29, 0.717) is 0 Å². The highest BCUT2D eigenvalue weighted by Gasteiger charge is 1.99. The Morgan fingerprint density at radius 3 is 2.82 bits per heavy atom. The van der Waals surface area contributed by atoms with Gasteiger partial charge in [0.1, 0.15) is 0 Å². The molecule has 0 bridgehead atoms. The summed E-state index contributed by atoms with van der Waals surface area (Å²) < 4.78 is 0.834. The third kappa shape index (κ3) is 1.77. The van der Waals surface area contributed by atoms with Crippen LogP contribution in [-0.2, 0) is 0 Å². The second-order valence-corrected chi connectivity index (χ2v) is 3.00. The van der Waals surface area contributed by atoms with Crippen molar-refractivity contribution in [2.75, 3.05) is 0 Å². The van der Waals surface area contributed by atoms with Crippen LogP contribution in [0.1, 0.15) is 11.3 Å². The third-order valence-electron chi connectivity index (χ3n) is 1.32. The Morgan fingerprint density at radius 1 is 1.64 bits per heavy atom. The van der Waals surface area contributed by atoms with Crippen molar-refractivity contribution in [2.45, 2.75) is 0 Å². The minimum atomic E-state index is 0.834. The maximum absolute atomic E-state index is 4.11. The van der Waals surface area contributed by atoms with E-state index < -0.39 is 0 Å². The molecule has 1 heterocycles. The molecule has 0 aromatic carbocycles. The van der Waals surface area contributed by atoms with Crippen LogP contribution in [0.2, 0.25) is 0 Å². The molecule has 0 N–H and O–H groups in total. The van der Waals surface area contributed by atoms with E-state index in [1.165, 1.54) is 0 Å². The predicted octanol–water partition coefficient (Wildman–Crippen LogP) is 3.09. The second-order valence-electron chi connectivity index (χ2n) is 2.05. The largest absolute Gasteiger partial charge is 0.256 e. The van der Waals surface area contributed by atoms with E-state index in [1.807, 2.05) is 12.1 Å². The van der Waals surface area contributed by atoms with Crippen molar-refractivity contribution in [1.29, 1.82) is 0 Å². The average Bonchev–Trinajstić information content (AvgIpc) is 2.04. The number of rotatable bonds is 2. The Bertz CT molecular complexity index is 291. The Kier molecular flexibility index (Phi) is 2.60. The number of hydrogen-bond acceptors (Lipinski definition) is 1. The second kappa shape index (κ2) is 3.49. The molecule has 1 aromatic heterocycles. The normalized spacial score (nSPS) is 9.18. The molecule has 0 fully saturated rings. The van der Waals surface area contributed by atoms with E-state index in [2.05, 4.69) is 34.1 Å². The summed E-state index contributed by atoms with van der Waals surface area (Å²) in [6.45, 7) is 7.41. The molecule has 0 saturated heterocycles. The first kappa shape index (κ1) is 8.21. The van der Waals surface area contributed by atoms with Gasteiger partial charge in [-0.1, -0.05) is 35.2 Å². The summed E-state index contributed by atoms with van der Waals surface area (Å²) in [6, 6.07) is 3.82. The summed E-state index contributed by atoms with van der Waals surface area (Å²) in [6.07, 6.45) is 3.44. The fourth-order valence-corrected chi connectivity index (χ4v) is 1.14. The van der Waals surface area contributed by atoms with E-state index >= 15 is 0 Å². The van der Waals surface area contributed by atoms with E-state index in [0.717, 1.165) is 15.7 Å².